The summed E-state index contributed by atoms with van der Waals surface area (Å²) in [6.07, 6.45) is 3.08. The Balaban J connectivity index is 1.39. The number of rotatable bonds is 6. The van der Waals surface area contributed by atoms with E-state index >= 15 is 0 Å². The molecule has 3 heterocycles. The number of nitrogens with zero attached hydrogens (tertiary/aromatic N) is 5. The van der Waals surface area contributed by atoms with Gasteiger partial charge in [0.05, 0.1) is 18.2 Å². The Labute approximate surface area is 177 Å². The molecule has 0 bridgehead atoms. The number of aliphatic carboxylic acids is 1. The Morgan fingerprint density at radius 3 is 2.43 bits per heavy atom. The van der Waals surface area contributed by atoms with E-state index in [4.69, 9.17) is 9.72 Å². The van der Waals surface area contributed by atoms with Gasteiger partial charge >= 0.3 is 5.97 Å². The third-order valence-corrected chi connectivity index (χ3v) is 5.86. The van der Waals surface area contributed by atoms with Gasteiger partial charge in [-0.3, -0.25) is 4.79 Å². The molecular weight excluding hydrogens is 382 g/mol. The summed E-state index contributed by atoms with van der Waals surface area (Å²) in [4.78, 5) is 27.1. The predicted octanol–water partition coefficient (Wildman–Crippen LogP) is 2.50. The van der Waals surface area contributed by atoms with E-state index in [-0.39, 0.29) is 5.92 Å². The van der Waals surface area contributed by atoms with Crippen LogP contribution in [0, 0.1) is 5.92 Å². The molecule has 2 aromatic rings. The summed E-state index contributed by atoms with van der Waals surface area (Å²) in [5, 5.41) is 9.19. The average molecular weight is 412 g/mol. The van der Waals surface area contributed by atoms with E-state index in [0.717, 1.165) is 43.4 Å². The molecule has 8 nitrogen and oxygen atoms in total. The number of hydrogen-bond donors (Lipinski definition) is 1. The van der Waals surface area contributed by atoms with E-state index in [1.807, 2.05) is 25.1 Å². The third-order valence-electron chi connectivity index (χ3n) is 5.86. The minimum atomic E-state index is -0.701. The van der Waals surface area contributed by atoms with E-state index in [1.165, 1.54) is 0 Å². The highest BCUT2D eigenvalue weighted by Crippen LogP contribution is 2.29. The molecule has 8 heteroatoms. The fourth-order valence-electron chi connectivity index (χ4n) is 4.17. The van der Waals surface area contributed by atoms with Crippen LogP contribution in [0.25, 0.3) is 0 Å². The van der Waals surface area contributed by atoms with Crippen molar-refractivity contribution in [3.05, 3.63) is 36.5 Å². The van der Waals surface area contributed by atoms with Gasteiger partial charge in [-0.1, -0.05) is 12.1 Å². The van der Waals surface area contributed by atoms with Crippen LogP contribution in [0.4, 0.5) is 17.5 Å². The zero-order chi connectivity index (χ0) is 20.9. The zero-order valence-electron chi connectivity index (χ0n) is 17.4. The number of carbonyl (C=O) groups is 1. The highest BCUT2D eigenvalue weighted by molar-refractivity contribution is 5.70. The molecule has 2 saturated heterocycles. The average Bonchev–Trinajstić information content (AvgIpc) is 2.80. The van der Waals surface area contributed by atoms with Gasteiger partial charge in [-0.25, -0.2) is 4.98 Å². The summed E-state index contributed by atoms with van der Waals surface area (Å²) in [6.45, 7) is 7.57. The fourth-order valence-corrected chi connectivity index (χ4v) is 4.17. The molecule has 2 aliphatic heterocycles. The van der Waals surface area contributed by atoms with Gasteiger partial charge in [-0.2, -0.15) is 4.98 Å². The number of piperazine rings is 1. The van der Waals surface area contributed by atoms with E-state index in [0.29, 0.717) is 38.5 Å². The van der Waals surface area contributed by atoms with Crippen molar-refractivity contribution in [3.8, 4) is 5.75 Å². The molecule has 2 fully saturated rings. The number of carboxylic acids is 1. The number of ether oxygens (including phenoxy) is 1. The van der Waals surface area contributed by atoms with E-state index in [1.54, 1.807) is 6.20 Å². The smallest absolute Gasteiger partial charge is 0.306 e. The number of para-hydroxylation sites is 2. The summed E-state index contributed by atoms with van der Waals surface area (Å²) in [5.41, 5.74) is 1.14. The van der Waals surface area contributed by atoms with Crippen LogP contribution in [0.15, 0.2) is 36.5 Å². The van der Waals surface area contributed by atoms with Gasteiger partial charge < -0.3 is 24.5 Å². The van der Waals surface area contributed by atoms with Crippen molar-refractivity contribution in [2.45, 2.75) is 19.8 Å². The maximum atomic E-state index is 11.2. The molecule has 1 aromatic heterocycles. The summed E-state index contributed by atoms with van der Waals surface area (Å²) in [7, 11) is 0. The Bertz CT molecular complexity index is 861. The van der Waals surface area contributed by atoms with Gasteiger partial charge in [0.25, 0.3) is 0 Å². The van der Waals surface area contributed by atoms with E-state index in [2.05, 4.69) is 31.8 Å². The molecule has 0 spiro atoms. The number of anilines is 3. The van der Waals surface area contributed by atoms with Crippen molar-refractivity contribution in [3.63, 3.8) is 0 Å². The van der Waals surface area contributed by atoms with Crippen LogP contribution in [-0.2, 0) is 4.79 Å². The first-order chi connectivity index (χ1) is 14.7. The van der Waals surface area contributed by atoms with Crippen molar-refractivity contribution < 1.29 is 14.6 Å². The SMILES string of the molecule is CCOc1ccccc1N1CCN(c2ccnc(N3CCC(C(=O)O)CC3)n2)CC1. The van der Waals surface area contributed by atoms with Gasteiger partial charge in [0.15, 0.2) is 0 Å². The number of piperidine rings is 1. The Hall–Kier alpha value is -3.03. The van der Waals surface area contributed by atoms with Gasteiger partial charge in [0.2, 0.25) is 5.95 Å². The van der Waals surface area contributed by atoms with Gasteiger partial charge in [-0.05, 0) is 38.0 Å². The molecule has 0 radical (unpaired) electrons. The first-order valence-electron chi connectivity index (χ1n) is 10.7. The monoisotopic (exact) mass is 411 g/mol. The second-order valence-electron chi connectivity index (χ2n) is 7.69. The van der Waals surface area contributed by atoms with Gasteiger partial charge in [0.1, 0.15) is 11.6 Å². The summed E-state index contributed by atoms with van der Waals surface area (Å²) < 4.78 is 5.79. The Morgan fingerprint density at radius 1 is 1.03 bits per heavy atom. The van der Waals surface area contributed by atoms with Crippen molar-refractivity contribution in [1.82, 2.24) is 9.97 Å². The molecule has 1 N–H and O–H groups in total. The van der Waals surface area contributed by atoms with Crippen molar-refractivity contribution in [2.75, 3.05) is 60.6 Å². The summed E-state index contributed by atoms with van der Waals surface area (Å²) >= 11 is 0. The lowest BCUT2D eigenvalue weighted by Gasteiger charge is -2.37. The lowest BCUT2D eigenvalue weighted by Crippen LogP contribution is -2.47. The van der Waals surface area contributed by atoms with Crippen LogP contribution < -0.4 is 19.4 Å². The number of carboxylic acid groups (broad SMARTS) is 1. The van der Waals surface area contributed by atoms with Crippen LogP contribution >= 0.6 is 0 Å². The molecular formula is C22H29N5O3. The second-order valence-corrected chi connectivity index (χ2v) is 7.69. The molecule has 0 atom stereocenters. The first-order valence-corrected chi connectivity index (χ1v) is 10.7. The first kappa shape index (κ1) is 20.3. The highest BCUT2D eigenvalue weighted by atomic mass is 16.5. The van der Waals surface area contributed by atoms with E-state index < -0.39 is 5.97 Å². The summed E-state index contributed by atoms with van der Waals surface area (Å²) in [5.74, 6) is 1.60. The normalized spacial score (nSPS) is 17.8. The lowest BCUT2D eigenvalue weighted by molar-refractivity contribution is -0.142. The lowest BCUT2D eigenvalue weighted by atomic mass is 9.97. The van der Waals surface area contributed by atoms with Crippen molar-refractivity contribution >= 4 is 23.4 Å². The molecule has 1 aromatic carbocycles. The molecule has 160 valence electrons. The summed E-state index contributed by atoms with van der Waals surface area (Å²) in [6, 6.07) is 10.2. The van der Waals surface area contributed by atoms with Crippen molar-refractivity contribution in [2.24, 2.45) is 5.92 Å². The largest absolute Gasteiger partial charge is 0.492 e. The maximum Gasteiger partial charge on any atom is 0.306 e. The third kappa shape index (κ3) is 4.42. The maximum absolute atomic E-state index is 11.2. The topological polar surface area (TPSA) is 82.0 Å². The second kappa shape index (κ2) is 9.19. The Morgan fingerprint density at radius 2 is 1.73 bits per heavy atom. The quantitative estimate of drug-likeness (QED) is 0.777. The fraction of sp³-hybridized carbons (Fsp3) is 0.500. The van der Waals surface area contributed by atoms with Crippen LogP contribution in [0.5, 0.6) is 5.75 Å². The zero-order valence-corrected chi connectivity index (χ0v) is 17.4. The molecule has 0 saturated carbocycles. The molecule has 4 rings (SSSR count). The van der Waals surface area contributed by atoms with Crippen molar-refractivity contribution in [1.29, 1.82) is 0 Å². The van der Waals surface area contributed by atoms with Crippen LogP contribution in [0.3, 0.4) is 0 Å². The minimum Gasteiger partial charge on any atom is -0.492 e. The minimum absolute atomic E-state index is 0.253. The highest BCUT2D eigenvalue weighted by Gasteiger charge is 2.26. The van der Waals surface area contributed by atoms with Gasteiger partial charge in [-0.15, -0.1) is 0 Å². The van der Waals surface area contributed by atoms with E-state index in [9.17, 15) is 9.90 Å². The molecule has 0 unspecified atom stereocenters. The predicted molar refractivity (Wildman–Crippen MR) is 117 cm³/mol. The number of benzene rings is 1. The molecule has 0 amide bonds. The standard InChI is InChI=1S/C22H29N5O3/c1-2-30-19-6-4-3-5-18(19)25-13-15-26(16-14-25)20-7-10-23-22(24-20)27-11-8-17(9-12-27)21(28)29/h3-7,10,17H,2,8-9,11-16H2,1H3,(H,28,29). The number of aromatic nitrogens is 2. The van der Waals surface area contributed by atoms with Gasteiger partial charge in [0, 0.05) is 45.5 Å². The van der Waals surface area contributed by atoms with Crippen LogP contribution in [0.2, 0.25) is 0 Å². The van der Waals surface area contributed by atoms with Crippen LogP contribution in [-0.4, -0.2) is 66.9 Å². The van der Waals surface area contributed by atoms with Crippen LogP contribution in [0.1, 0.15) is 19.8 Å². The molecule has 30 heavy (non-hydrogen) atoms. The Kier molecular flexibility index (Phi) is 6.21. The molecule has 2 aliphatic rings. The molecule has 0 aliphatic carbocycles. The number of hydrogen-bond acceptors (Lipinski definition) is 7.